The Kier molecular flexibility index (Phi) is 2.35. The second-order valence-corrected chi connectivity index (χ2v) is 6.43. The smallest absolute Gasteiger partial charge is 0.293 e. The van der Waals surface area contributed by atoms with E-state index < -0.39 is 22.2 Å². The summed E-state index contributed by atoms with van der Waals surface area (Å²) in [5, 5.41) is 19.6. The summed E-state index contributed by atoms with van der Waals surface area (Å²) in [5.74, 6) is -0.899. The van der Waals surface area contributed by atoms with Crippen LogP contribution in [0.25, 0.3) is 0 Å². The molecule has 2 aliphatic heterocycles. The lowest BCUT2D eigenvalue weighted by molar-refractivity contribution is -0.192. The minimum atomic E-state index is -1.40. The zero-order valence-electron chi connectivity index (χ0n) is 11.9. The maximum absolute atomic E-state index is 9.87. The van der Waals surface area contributed by atoms with Crippen molar-refractivity contribution in [3.05, 3.63) is 0 Å². The van der Waals surface area contributed by atoms with Crippen molar-refractivity contribution in [3.8, 4) is 12.1 Å². The van der Waals surface area contributed by atoms with E-state index in [1.807, 2.05) is 6.92 Å². The van der Waals surface area contributed by atoms with E-state index in [4.69, 9.17) is 15.2 Å². The Bertz CT molecular complexity index is 581. The minimum Gasteiger partial charge on any atom is -0.386 e. The molecule has 6 nitrogen and oxygen atoms in total. The molecule has 106 valence electrons. The first-order chi connectivity index (χ1) is 9.37. The molecule has 2 N–H and O–H groups in total. The van der Waals surface area contributed by atoms with Crippen molar-refractivity contribution in [1.29, 1.82) is 10.5 Å². The first kappa shape index (κ1) is 13.4. The van der Waals surface area contributed by atoms with Crippen LogP contribution in [0.5, 0.6) is 0 Å². The highest BCUT2D eigenvalue weighted by molar-refractivity contribution is 6.00. The van der Waals surface area contributed by atoms with Crippen LogP contribution < -0.4 is 5.73 Å². The first-order valence-electron chi connectivity index (χ1n) is 6.84. The highest BCUT2D eigenvalue weighted by atomic mass is 16.8. The summed E-state index contributed by atoms with van der Waals surface area (Å²) in [4.78, 5) is 4.24. The third-order valence-electron chi connectivity index (χ3n) is 5.11. The van der Waals surface area contributed by atoms with Crippen LogP contribution in [0.15, 0.2) is 4.99 Å². The minimum absolute atomic E-state index is 0.173. The van der Waals surface area contributed by atoms with Gasteiger partial charge in [0.05, 0.1) is 25.4 Å². The van der Waals surface area contributed by atoms with E-state index in [0.29, 0.717) is 25.6 Å². The Balaban J connectivity index is 2.21. The number of fused-ring (bicyclic) bond motifs is 2. The number of hydrogen-bond donors (Lipinski definition) is 1. The average molecular weight is 274 g/mol. The second kappa shape index (κ2) is 3.52. The molecule has 0 amide bonds. The molecule has 0 aromatic rings. The van der Waals surface area contributed by atoms with Crippen LogP contribution in [0.4, 0.5) is 0 Å². The number of aliphatic imine (C=N–C) groups is 1. The summed E-state index contributed by atoms with van der Waals surface area (Å²) in [6, 6.07) is 4.56. The van der Waals surface area contributed by atoms with E-state index in [-0.39, 0.29) is 5.84 Å². The number of nitrogens with zero attached hydrogens (tertiary/aromatic N) is 3. The maximum atomic E-state index is 9.87. The Morgan fingerprint density at radius 3 is 2.35 bits per heavy atom. The number of nitriles is 2. The second-order valence-electron chi connectivity index (χ2n) is 6.43. The number of hydrogen-bond acceptors (Lipinski definition) is 6. The standard InChI is InChI=1S/C14H18N4O2/c1-9(2)6-11(3)12(7-15)10(17)18-14(13(11,12)8-16)19-4-5-20-14/h9H,4-6H2,1-3H3,(H2,17,18)/t11-,12+,13-/m1/s1. The molecule has 1 saturated carbocycles. The average Bonchev–Trinajstić information content (AvgIpc) is 2.71. The summed E-state index contributed by atoms with van der Waals surface area (Å²) in [7, 11) is 0. The van der Waals surface area contributed by atoms with Crippen LogP contribution in [0, 0.1) is 44.8 Å². The van der Waals surface area contributed by atoms with Crippen molar-refractivity contribution in [2.45, 2.75) is 33.1 Å². The predicted molar refractivity (Wildman–Crippen MR) is 69.9 cm³/mol. The molecule has 1 spiro atoms. The topological polar surface area (TPSA) is 104 Å². The summed E-state index contributed by atoms with van der Waals surface area (Å²) < 4.78 is 11.3. The van der Waals surface area contributed by atoms with Gasteiger partial charge in [0.25, 0.3) is 5.91 Å². The maximum Gasteiger partial charge on any atom is 0.293 e. The Hall–Kier alpha value is -1.63. The van der Waals surface area contributed by atoms with Gasteiger partial charge in [0.15, 0.2) is 5.41 Å². The Morgan fingerprint density at radius 2 is 1.90 bits per heavy atom. The van der Waals surface area contributed by atoms with Crippen molar-refractivity contribution < 1.29 is 9.47 Å². The Labute approximate surface area is 118 Å². The molecular weight excluding hydrogens is 256 g/mol. The molecule has 3 aliphatic rings. The molecule has 2 fully saturated rings. The van der Waals surface area contributed by atoms with Gasteiger partial charge in [-0.1, -0.05) is 20.8 Å². The molecule has 2 heterocycles. The number of nitrogens with two attached hydrogens (primary N) is 1. The first-order valence-corrected chi connectivity index (χ1v) is 6.84. The van der Waals surface area contributed by atoms with Gasteiger partial charge in [-0.3, -0.25) is 0 Å². The van der Waals surface area contributed by atoms with Gasteiger partial charge in [-0.15, -0.1) is 0 Å². The van der Waals surface area contributed by atoms with Gasteiger partial charge in [-0.25, -0.2) is 4.99 Å². The molecule has 0 radical (unpaired) electrons. The molecule has 3 atom stereocenters. The van der Waals surface area contributed by atoms with Gasteiger partial charge in [0.1, 0.15) is 11.3 Å². The van der Waals surface area contributed by atoms with E-state index in [0.717, 1.165) is 0 Å². The molecule has 1 saturated heterocycles. The van der Waals surface area contributed by atoms with Crippen LogP contribution in [0.1, 0.15) is 27.2 Å². The summed E-state index contributed by atoms with van der Waals surface area (Å²) in [6.45, 7) is 6.77. The molecule has 0 unspecified atom stereocenters. The number of amidine groups is 1. The monoisotopic (exact) mass is 274 g/mol. The lowest BCUT2D eigenvalue weighted by atomic mass is 9.84. The largest absolute Gasteiger partial charge is 0.386 e. The third-order valence-corrected chi connectivity index (χ3v) is 5.11. The third kappa shape index (κ3) is 0.963. The van der Waals surface area contributed by atoms with E-state index in [1.165, 1.54) is 0 Å². The van der Waals surface area contributed by atoms with Crippen LogP contribution >= 0.6 is 0 Å². The van der Waals surface area contributed by atoms with Gasteiger partial charge in [0.2, 0.25) is 0 Å². The molecule has 0 bridgehead atoms. The van der Waals surface area contributed by atoms with Crippen LogP contribution in [-0.4, -0.2) is 25.0 Å². The van der Waals surface area contributed by atoms with Crippen LogP contribution in [0.3, 0.4) is 0 Å². The summed E-state index contributed by atoms with van der Waals surface area (Å²) in [5.41, 5.74) is 3.19. The fourth-order valence-electron chi connectivity index (χ4n) is 4.52. The lowest BCUT2D eigenvalue weighted by Gasteiger charge is -2.30. The molecule has 0 aromatic carbocycles. The molecule has 3 rings (SSSR count). The highest BCUT2D eigenvalue weighted by Gasteiger charge is 2.99. The zero-order valence-corrected chi connectivity index (χ0v) is 11.9. The van der Waals surface area contributed by atoms with Crippen LogP contribution in [0.2, 0.25) is 0 Å². The van der Waals surface area contributed by atoms with E-state index in [9.17, 15) is 10.5 Å². The molecule has 20 heavy (non-hydrogen) atoms. The molecule has 6 heteroatoms. The van der Waals surface area contributed by atoms with E-state index in [2.05, 4.69) is 31.0 Å². The van der Waals surface area contributed by atoms with Gasteiger partial charge in [-0.2, -0.15) is 10.5 Å². The van der Waals surface area contributed by atoms with Crippen LogP contribution in [-0.2, 0) is 9.47 Å². The summed E-state index contributed by atoms with van der Waals surface area (Å²) >= 11 is 0. The zero-order chi connectivity index (χ0) is 14.8. The highest BCUT2D eigenvalue weighted by Crippen LogP contribution is 2.87. The number of ether oxygens (including phenoxy) is 2. The van der Waals surface area contributed by atoms with Gasteiger partial charge in [0, 0.05) is 5.41 Å². The van der Waals surface area contributed by atoms with Gasteiger partial charge >= 0.3 is 0 Å². The normalized spacial score (nSPS) is 44.0. The van der Waals surface area contributed by atoms with Crippen molar-refractivity contribution in [1.82, 2.24) is 0 Å². The molecule has 0 aromatic heterocycles. The quantitative estimate of drug-likeness (QED) is 0.813. The Morgan fingerprint density at radius 1 is 1.30 bits per heavy atom. The molecular formula is C14H18N4O2. The van der Waals surface area contributed by atoms with E-state index >= 15 is 0 Å². The lowest BCUT2D eigenvalue weighted by Crippen LogP contribution is -2.41. The van der Waals surface area contributed by atoms with Gasteiger partial charge < -0.3 is 15.2 Å². The van der Waals surface area contributed by atoms with E-state index in [1.54, 1.807) is 0 Å². The van der Waals surface area contributed by atoms with Crippen molar-refractivity contribution in [3.63, 3.8) is 0 Å². The van der Waals surface area contributed by atoms with Crippen molar-refractivity contribution >= 4 is 5.84 Å². The fourth-order valence-corrected chi connectivity index (χ4v) is 4.52. The fraction of sp³-hybridized carbons (Fsp3) is 0.786. The predicted octanol–water partition coefficient (Wildman–Crippen LogP) is 1.14. The molecule has 1 aliphatic carbocycles. The summed E-state index contributed by atoms with van der Waals surface area (Å²) in [6.07, 6.45) is 0.693. The SMILES string of the molecule is CC(C)C[C@]1(C)[C@]2(C#N)C(N)=NC3(OCCO3)[C@]12C#N. The number of rotatable bonds is 2. The van der Waals surface area contributed by atoms with Crippen molar-refractivity contribution in [2.24, 2.45) is 32.9 Å². The van der Waals surface area contributed by atoms with Crippen molar-refractivity contribution in [2.75, 3.05) is 13.2 Å². The van der Waals surface area contributed by atoms with Gasteiger partial charge in [-0.05, 0) is 12.3 Å².